The van der Waals surface area contributed by atoms with Crippen LogP contribution in [0.2, 0.25) is 0 Å². The number of para-hydroxylation sites is 2. The van der Waals surface area contributed by atoms with Crippen molar-refractivity contribution in [2.45, 2.75) is 0 Å². The molecule has 0 fully saturated rings. The van der Waals surface area contributed by atoms with Crippen LogP contribution >= 0.6 is 11.3 Å². The third-order valence-corrected chi connectivity index (χ3v) is 9.36. The van der Waals surface area contributed by atoms with Gasteiger partial charge in [-0.1, -0.05) is 91.0 Å². The van der Waals surface area contributed by atoms with E-state index in [0.717, 1.165) is 39.0 Å². The molecule has 0 spiro atoms. The number of furan rings is 1. The van der Waals surface area contributed by atoms with Gasteiger partial charge in [-0.2, -0.15) is 0 Å². The van der Waals surface area contributed by atoms with Crippen molar-refractivity contribution < 1.29 is 4.42 Å². The van der Waals surface area contributed by atoms with Gasteiger partial charge in [0, 0.05) is 42.3 Å². The van der Waals surface area contributed by atoms with Crippen LogP contribution < -0.4 is 4.90 Å². The Morgan fingerprint density at radius 1 is 0.439 bits per heavy atom. The van der Waals surface area contributed by atoms with Gasteiger partial charge in [0.1, 0.15) is 5.58 Å². The zero-order valence-corrected chi connectivity index (χ0v) is 22.9. The molecule has 0 aliphatic heterocycles. The third kappa shape index (κ3) is 3.36. The Hall–Kier alpha value is -5.12. The van der Waals surface area contributed by atoms with Gasteiger partial charge in [0.2, 0.25) is 0 Å². The van der Waals surface area contributed by atoms with Crippen LogP contribution in [0.1, 0.15) is 0 Å². The van der Waals surface area contributed by atoms with Crippen molar-refractivity contribution in [3.8, 4) is 0 Å². The Bertz CT molecular complexity index is 2430. The molecule has 0 aliphatic rings. The molecule has 9 rings (SSSR count). The summed E-state index contributed by atoms with van der Waals surface area (Å²) in [5.74, 6) is 0. The molecule has 7 aromatic carbocycles. The van der Waals surface area contributed by atoms with E-state index >= 15 is 0 Å². The summed E-state index contributed by atoms with van der Waals surface area (Å²) in [6.45, 7) is 0. The second-order valence-electron chi connectivity index (χ2n) is 10.5. The quantitative estimate of drug-likeness (QED) is 0.207. The predicted octanol–water partition coefficient (Wildman–Crippen LogP) is 11.7. The normalized spacial score (nSPS) is 11.9. The van der Waals surface area contributed by atoms with Gasteiger partial charge in [-0.25, -0.2) is 0 Å². The fourth-order valence-electron chi connectivity index (χ4n) is 6.37. The van der Waals surface area contributed by atoms with Crippen LogP contribution in [0.15, 0.2) is 144 Å². The van der Waals surface area contributed by atoms with Gasteiger partial charge >= 0.3 is 0 Å². The summed E-state index contributed by atoms with van der Waals surface area (Å²) in [5.41, 5.74) is 5.07. The maximum Gasteiger partial charge on any atom is 0.159 e. The number of anilines is 3. The number of thiophene rings is 1. The average molecular weight is 542 g/mol. The van der Waals surface area contributed by atoms with Gasteiger partial charge in [0.25, 0.3) is 0 Å². The smallest absolute Gasteiger partial charge is 0.159 e. The lowest BCUT2D eigenvalue weighted by Gasteiger charge is -2.26. The SMILES string of the molecule is c1ccc(N(c2ccc3c(ccc4ccccc43)c2)c2cccc3c2oc2c3ccc3sc4ccccc4c32)cc1. The molecule has 2 nitrogen and oxygen atoms in total. The topological polar surface area (TPSA) is 16.4 Å². The van der Waals surface area contributed by atoms with Crippen LogP contribution in [0.4, 0.5) is 17.1 Å². The zero-order valence-electron chi connectivity index (χ0n) is 22.0. The summed E-state index contributed by atoms with van der Waals surface area (Å²) in [7, 11) is 0. The minimum Gasteiger partial charge on any atom is -0.453 e. The van der Waals surface area contributed by atoms with E-state index in [1.165, 1.54) is 41.7 Å². The monoisotopic (exact) mass is 541 g/mol. The van der Waals surface area contributed by atoms with Crippen molar-refractivity contribution in [2.75, 3.05) is 4.90 Å². The minimum absolute atomic E-state index is 0.896. The van der Waals surface area contributed by atoms with E-state index in [2.05, 4.69) is 144 Å². The molecule has 2 aromatic heterocycles. The van der Waals surface area contributed by atoms with E-state index in [9.17, 15) is 0 Å². The van der Waals surface area contributed by atoms with Crippen molar-refractivity contribution >= 4 is 92.1 Å². The van der Waals surface area contributed by atoms with E-state index in [4.69, 9.17) is 4.42 Å². The highest BCUT2D eigenvalue weighted by molar-refractivity contribution is 7.26. The van der Waals surface area contributed by atoms with Crippen molar-refractivity contribution in [1.29, 1.82) is 0 Å². The lowest BCUT2D eigenvalue weighted by atomic mass is 10.0. The molecule has 0 aliphatic carbocycles. The second-order valence-corrected chi connectivity index (χ2v) is 11.6. The maximum atomic E-state index is 6.90. The number of benzene rings is 7. The second kappa shape index (κ2) is 8.69. The first-order valence-electron chi connectivity index (χ1n) is 13.9. The van der Waals surface area contributed by atoms with Gasteiger partial charge in [0.05, 0.1) is 5.69 Å². The standard InChI is InChI=1S/C38H23NOS/c1-2-10-26(11-3-1)39(27-19-20-29-25(23-27)18-17-24-9-4-5-12-28(24)29)33-15-8-14-30-31-21-22-35-36(38(31)40-37(30)33)32-13-6-7-16-34(32)41-35/h1-23H. The molecule has 41 heavy (non-hydrogen) atoms. The number of rotatable bonds is 3. The largest absolute Gasteiger partial charge is 0.453 e. The summed E-state index contributed by atoms with van der Waals surface area (Å²) < 4.78 is 9.43. The van der Waals surface area contributed by atoms with E-state index in [1.54, 1.807) is 0 Å². The van der Waals surface area contributed by atoms with Crippen LogP contribution in [-0.4, -0.2) is 0 Å². The molecule has 192 valence electrons. The molecule has 0 amide bonds. The molecule has 0 saturated heterocycles. The molecule has 0 radical (unpaired) electrons. The summed E-state index contributed by atoms with van der Waals surface area (Å²) in [6.07, 6.45) is 0. The summed E-state index contributed by atoms with van der Waals surface area (Å²) in [5, 5.41) is 9.73. The van der Waals surface area contributed by atoms with Crippen LogP contribution in [-0.2, 0) is 0 Å². The number of hydrogen-bond acceptors (Lipinski definition) is 3. The summed E-state index contributed by atoms with van der Waals surface area (Å²) in [6, 6.07) is 50.0. The van der Waals surface area contributed by atoms with Crippen LogP contribution in [0, 0.1) is 0 Å². The summed E-state index contributed by atoms with van der Waals surface area (Å²) >= 11 is 1.82. The zero-order chi connectivity index (χ0) is 26.9. The fourth-order valence-corrected chi connectivity index (χ4v) is 7.47. The molecular formula is C38H23NOS. The van der Waals surface area contributed by atoms with Gasteiger partial charge in [-0.3, -0.25) is 0 Å². The van der Waals surface area contributed by atoms with E-state index in [1.807, 2.05) is 11.3 Å². The molecule has 3 heteroatoms. The highest BCUT2D eigenvalue weighted by Crippen LogP contribution is 2.46. The van der Waals surface area contributed by atoms with Gasteiger partial charge in [-0.05, 0) is 70.1 Å². The van der Waals surface area contributed by atoms with Crippen LogP contribution in [0.3, 0.4) is 0 Å². The number of hydrogen-bond donors (Lipinski definition) is 0. The van der Waals surface area contributed by atoms with E-state index in [0.29, 0.717) is 0 Å². The Morgan fingerprint density at radius 2 is 1.15 bits per heavy atom. The molecule has 2 heterocycles. The molecular weight excluding hydrogens is 518 g/mol. The van der Waals surface area contributed by atoms with Crippen LogP contribution in [0.5, 0.6) is 0 Å². The first-order chi connectivity index (χ1) is 20.3. The predicted molar refractivity (Wildman–Crippen MR) is 176 cm³/mol. The van der Waals surface area contributed by atoms with Gasteiger partial charge < -0.3 is 9.32 Å². The number of fused-ring (bicyclic) bond motifs is 10. The fraction of sp³-hybridized carbons (Fsp3) is 0. The Balaban J connectivity index is 1.33. The lowest BCUT2D eigenvalue weighted by molar-refractivity contribution is 0.673. The van der Waals surface area contributed by atoms with Crippen molar-refractivity contribution in [2.24, 2.45) is 0 Å². The highest BCUT2D eigenvalue weighted by Gasteiger charge is 2.21. The van der Waals surface area contributed by atoms with Crippen molar-refractivity contribution in [3.63, 3.8) is 0 Å². The van der Waals surface area contributed by atoms with E-state index < -0.39 is 0 Å². The molecule has 9 aromatic rings. The van der Waals surface area contributed by atoms with Crippen LogP contribution in [0.25, 0.3) is 63.7 Å². The molecule has 0 bridgehead atoms. The minimum atomic E-state index is 0.896. The Morgan fingerprint density at radius 3 is 2.07 bits per heavy atom. The lowest BCUT2D eigenvalue weighted by Crippen LogP contribution is -2.10. The molecule has 0 N–H and O–H groups in total. The Labute approximate surface area is 240 Å². The van der Waals surface area contributed by atoms with Crippen molar-refractivity contribution in [3.05, 3.63) is 140 Å². The molecule has 0 saturated carbocycles. The van der Waals surface area contributed by atoms with E-state index in [-0.39, 0.29) is 0 Å². The Kier molecular flexibility index (Phi) is 4.80. The van der Waals surface area contributed by atoms with Crippen molar-refractivity contribution in [1.82, 2.24) is 0 Å². The molecule has 0 atom stereocenters. The highest BCUT2D eigenvalue weighted by atomic mass is 32.1. The molecule has 0 unspecified atom stereocenters. The first kappa shape index (κ1) is 22.7. The first-order valence-corrected chi connectivity index (χ1v) is 14.7. The number of nitrogens with zero attached hydrogens (tertiary/aromatic N) is 1. The average Bonchev–Trinajstić information content (AvgIpc) is 3.60. The maximum absolute atomic E-state index is 6.90. The van der Waals surface area contributed by atoms with Gasteiger partial charge in [0.15, 0.2) is 5.58 Å². The third-order valence-electron chi connectivity index (χ3n) is 8.23. The summed E-state index contributed by atoms with van der Waals surface area (Å²) in [4.78, 5) is 2.32. The van der Waals surface area contributed by atoms with Gasteiger partial charge in [-0.15, -0.1) is 11.3 Å².